The van der Waals surface area contributed by atoms with Crippen LogP contribution in [-0.4, -0.2) is 12.9 Å². The van der Waals surface area contributed by atoms with Crippen molar-refractivity contribution in [3.05, 3.63) is 25.4 Å². The SMILES string of the molecule is C=CCN=CNC=C. The van der Waals surface area contributed by atoms with Crippen LogP contribution < -0.4 is 5.32 Å². The molecule has 0 aromatic rings. The van der Waals surface area contributed by atoms with Crippen LogP contribution in [0.4, 0.5) is 0 Å². The van der Waals surface area contributed by atoms with E-state index in [4.69, 9.17) is 0 Å². The lowest BCUT2D eigenvalue weighted by atomic mass is 10.7. The Hall–Kier alpha value is -1.05. The summed E-state index contributed by atoms with van der Waals surface area (Å²) in [4.78, 5) is 3.85. The van der Waals surface area contributed by atoms with Gasteiger partial charge in [0.15, 0.2) is 0 Å². The lowest BCUT2D eigenvalue weighted by molar-refractivity contribution is 1.21. The molecule has 0 unspecified atom stereocenters. The van der Waals surface area contributed by atoms with Crippen LogP contribution in [0.25, 0.3) is 0 Å². The van der Waals surface area contributed by atoms with Gasteiger partial charge in [-0.3, -0.25) is 4.99 Å². The Balaban J connectivity index is 3.06. The summed E-state index contributed by atoms with van der Waals surface area (Å²) >= 11 is 0. The van der Waals surface area contributed by atoms with Crippen LogP contribution in [0.1, 0.15) is 0 Å². The summed E-state index contributed by atoms with van der Waals surface area (Å²) in [7, 11) is 0. The molecular weight excluding hydrogens is 100 g/mol. The molecule has 0 amide bonds. The van der Waals surface area contributed by atoms with Crippen molar-refractivity contribution < 1.29 is 0 Å². The molecule has 0 aliphatic carbocycles. The fourth-order valence-electron chi connectivity index (χ4n) is 0.233. The molecule has 0 aliphatic heterocycles. The van der Waals surface area contributed by atoms with Crippen molar-refractivity contribution in [1.82, 2.24) is 5.32 Å². The first-order valence-corrected chi connectivity index (χ1v) is 2.38. The van der Waals surface area contributed by atoms with Gasteiger partial charge < -0.3 is 5.32 Å². The van der Waals surface area contributed by atoms with E-state index < -0.39 is 0 Å². The summed E-state index contributed by atoms with van der Waals surface area (Å²) in [6, 6.07) is 0. The number of nitrogens with one attached hydrogen (secondary N) is 1. The molecule has 0 fully saturated rings. The van der Waals surface area contributed by atoms with Crippen LogP contribution in [-0.2, 0) is 0 Å². The predicted octanol–water partition coefficient (Wildman–Crippen LogP) is 0.934. The van der Waals surface area contributed by atoms with Crippen molar-refractivity contribution in [2.24, 2.45) is 4.99 Å². The first-order chi connectivity index (χ1) is 3.91. The number of rotatable bonds is 4. The van der Waals surface area contributed by atoms with Gasteiger partial charge in [0.25, 0.3) is 0 Å². The van der Waals surface area contributed by atoms with Gasteiger partial charge in [0.1, 0.15) is 0 Å². The fraction of sp³-hybridized carbons (Fsp3) is 0.167. The largest absolute Gasteiger partial charge is 0.354 e. The van der Waals surface area contributed by atoms with Crippen molar-refractivity contribution in [2.75, 3.05) is 6.54 Å². The van der Waals surface area contributed by atoms with E-state index in [0.717, 1.165) is 0 Å². The maximum absolute atomic E-state index is 3.85. The van der Waals surface area contributed by atoms with Gasteiger partial charge in [-0.05, 0) is 6.20 Å². The van der Waals surface area contributed by atoms with E-state index in [1.54, 1.807) is 18.6 Å². The second-order valence-electron chi connectivity index (χ2n) is 1.15. The van der Waals surface area contributed by atoms with E-state index in [1.165, 1.54) is 0 Å². The van der Waals surface area contributed by atoms with Crippen molar-refractivity contribution in [3.63, 3.8) is 0 Å². The Morgan fingerprint density at radius 3 is 2.75 bits per heavy atom. The first kappa shape index (κ1) is 6.95. The standard InChI is InChI=1S/C6H10N2/c1-3-5-8-6-7-4-2/h3-4,6H,1-2,5H2,(H,7,8). The Labute approximate surface area is 49.6 Å². The molecule has 8 heavy (non-hydrogen) atoms. The lowest BCUT2D eigenvalue weighted by Crippen LogP contribution is -1.98. The van der Waals surface area contributed by atoms with Gasteiger partial charge in [0.2, 0.25) is 0 Å². The summed E-state index contributed by atoms with van der Waals surface area (Å²) in [5, 5.41) is 2.71. The van der Waals surface area contributed by atoms with Gasteiger partial charge in [0, 0.05) is 0 Å². The molecule has 2 nitrogen and oxygen atoms in total. The molecule has 0 radical (unpaired) electrons. The average Bonchev–Trinajstić information content (AvgIpc) is 1.81. The van der Waals surface area contributed by atoms with Gasteiger partial charge in [-0.25, -0.2) is 0 Å². The van der Waals surface area contributed by atoms with Crippen LogP contribution in [0.3, 0.4) is 0 Å². The second kappa shape index (κ2) is 5.95. The molecule has 0 spiro atoms. The molecule has 0 heterocycles. The fourth-order valence-corrected chi connectivity index (χ4v) is 0.233. The normalized spacial score (nSPS) is 9.00. The molecule has 1 N–H and O–H groups in total. The van der Waals surface area contributed by atoms with E-state index in [9.17, 15) is 0 Å². The summed E-state index contributed by atoms with van der Waals surface area (Å²) in [5.74, 6) is 0. The van der Waals surface area contributed by atoms with E-state index in [2.05, 4.69) is 23.5 Å². The monoisotopic (exact) mass is 110 g/mol. The third-order valence-corrected chi connectivity index (χ3v) is 0.518. The highest BCUT2D eigenvalue weighted by Crippen LogP contribution is 1.64. The van der Waals surface area contributed by atoms with Crippen molar-refractivity contribution in [1.29, 1.82) is 0 Å². The maximum atomic E-state index is 3.85. The Bertz CT molecular complexity index is 82.7. The zero-order chi connectivity index (χ0) is 6.24. The Kier molecular flexibility index (Phi) is 5.17. The third kappa shape index (κ3) is 4.95. The molecule has 2 heteroatoms. The third-order valence-electron chi connectivity index (χ3n) is 0.518. The summed E-state index contributed by atoms with van der Waals surface area (Å²) in [5.41, 5.74) is 0. The molecule has 44 valence electrons. The topological polar surface area (TPSA) is 24.4 Å². The van der Waals surface area contributed by atoms with E-state index in [1.807, 2.05) is 0 Å². The number of hydrogen-bond acceptors (Lipinski definition) is 1. The van der Waals surface area contributed by atoms with Crippen LogP contribution in [0.2, 0.25) is 0 Å². The zero-order valence-corrected chi connectivity index (χ0v) is 4.80. The van der Waals surface area contributed by atoms with E-state index in [0.29, 0.717) is 6.54 Å². The van der Waals surface area contributed by atoms with Gasteiger partial charge in [-0.2, -0.15) is 0 Å². The first-order valence-electron chi connectivity index (χ1n) is 2.38. The maximum Gasteiger partial charge on any atom is 0.0867 e. The minimum Gasteiger partial charge on any atom is -0.354 e. The molecule has 0 aromatic heterocycles. The minimum atomic E-state index is 0.654. The smallest absolute Gasteiger partial charge is 0.0867 e. The Morgan fingerprint density at radius 2 is 2.25 bits per heavy atom. The zero-order valence-electron chi connectivity index (χ0n) is 4.80. The molecule has 0 rings (SSSR count). The van der Waals surface area contributed by atoms with Crippen molar-refractivity contribution >= 4 is 6.34 Å². The van der Waals surface area contributed by atoms with Crippen LogP contribution in [0, 0.1) is 0 Å². The quantitative estimate of drug-likeness (QED) is 0.325. The molecule has 0 aliphatic rings. The average molecular weight is 110 g/mol. The number of nitrogens with zero attached hydrogens (tertiary/aromatic N) is 1. The molecule has 0 aromatic carbocycles. The van der Waals surface area contributed by atoms with Crippen LogP contribution in [0.5, 0.6) is 0 Å². The summed E-state index contributed by atoms with van der Waals surface area (Å²) in [6.45, 7) is 7.57. The second-order valence-corrected chi connectivity index (χ2v) is 1.15. The van der Waals surface area contributed by atoms with Gasteiger partial charge in [0.05, 0.1) is 12.9 Å². The summed E-state index contributed by atoms with van der Waals surface area (Å²) in [6.07, 6.45) is 4.86. The molecule has 0 atom stereocenters. The highest BCUT2D eigenvalue weighted by Gasteiger charge is 1.62. The molecular formula is C6H10N2. The molecule has 0 saturated carbocycles. The highest BCUT2D eigenvalue weighted by atomic mass is 14.9. The Morgan fingerprint density at radius 1 is 1.50 bits per heavy atom. The number of hydrogen-bond donors (Lipinski definition) is 1. The lowest BCUT2D eigenvalue weighted by Gasteiger charge is -1.82. The van der Waals surface area contributed by atoms with Crippen molar-refractivity contribution in [3.8, 4) is 0 Å². The van der Waals surface area contributed by atoms with Gasteiger partial charge in [-0.15, -0.1) is 6.58 Å². The van der Waals surface area contributed by atoms with Gasteiger partial charge >= 0.3 is 0 Å². The van der Waals surface area contributed by atoms with E-state index >= 15 is 0 Å². The van der Waals surface area contributed by atoms with Gasteiger partial charge in [-0.1, -0.05) is 12.7 Å². The van der Waals surface area contributed by atoms with Crippen LogP contribution >= 0.6 is 0 Å². The van der Waals surface area contributed by atoms with E-state index in [-0.39, 0.29) is 0 Å². The summed E-state index contributed by atoms with van der Waals surface area (Å²) < 4.78 is 0. The molecule has 0 saturated heterocycles. The van der Waals surface area contributed by atoms with Crippen LogP contribution in [0.15, 0.2) is 30.4 Å². The minimum absolute atomic E-state index is 0.654. The number of aliphatic imine (C=N–C) groups is 1. The van der Waals surface area contributed by atoms with Crippen molar-refractivity contribution in [2.45, 2.75) is 0 Å². The predicted molar refractivity (Wildman–Crippen MR) is 36.9 cm³/mol. The highest BCUT2D eigenvalue weighted by molar-refractivity contribution is 5.55. The molecule has 0 bridgehead atoms.